The van der Waals surface area contributed by atoms with E-state index in [4.69, 9.17) is 16.0 Å². The van der Waals surface area contributed by atoms with Crippen LogP contribution in [0.1, 0.15) is 12.8 Å². The summed E-state index contributed by atoms with van der Waals surface area (Å²) >= 11 is 5.83. The van der Waals surface area contributed by atoms with Crippen molar-refractivity contribution in [1.82, 2.24) is 14.5 Å². The van der Waals surface area contributed by atoms with Crippen LogP contribution in [-0.2, 0) is 14.8 Å². The quantitative estimate of drug-likeness (QED) is 0.864. The number of halogens is 1. The van der Waals surface area contributed by atoms with Crippen LogP contribution in [0.15, 0.2) is 28.7 Å². The second-order valence-electron chi connectivity index (χ2n) is 5.87. The summed E-state index contributed by atoms with van der Waals surface area (Å²) in [5, 5.41) is 10.8. The lowest BCUT2D eigenvalue weighted by Crippen LogP contribution is -2.43. The van der Waals surface area contributed by atoms with Crippen LogP contribution < -0.4 is 5.32 Å². The van der Waals surface area contributed by atoms with Gasteiger partial charge in [-0.25, -0.2) is 12.7 Å². The molecule has 1 aliphatic rings. The maximum Gasteiger partial charge on any atom is 0.322 e. The molecule has 8 nitrogen and oxygen atoms in total. The van der Waals surface area contributed by atoms with Crippen molar-refractivity contribution in [2.24, 2.45) is 5.92 Å². The van der Waals surface area contributed by atoms with Crippen LogP contribution in [0.4, 0.5) is 6.01 Å². The molecule has 0 bridgehead atoms. The van der Waals surface area contributed by atoms with Gasteiger partial charge in [0.25, 0.3) is 0 Å². The molecule has 2 heterocycles. The molecule has 1 N–H and O–H groups in total. The van der Waals surface area contributed by atoms with Crippen molar-refractivity contribution < 1.29 is 17.6 Å². The summed E-state index contributed by atoms with van der Waals surface area (Å²) in [6.45, 7) is 0.590. The predicted molar refractivity (Wildman–Crippen MR) is 92.5 cm³/mol. The number of sulfonamides is 1. The van der Waals surface area contributed by atoms with E-state index in [1.807, 2.05) is 0 Å². The third kappa shape index (κ3) is 4.36. The summed E-state index contributed by atoms with van der Waals surface area (Å²) < 4.78 is 30.0. The third-order valence-corrected chi connectivity index (χ3v) is 5.49. The van der Waals surface area contributed by atoms with Gasteiger partial charge in [-0.05, 0) is 37.1 Å². The van der Waals surface area contributed by atoms with Crippen LogP contribution >= 0.6 is 11.6 Å². The van der Waals surface area contributed by atoms with E-state index in [0.29, 0.717) is 30.0 Å². The highest BCUT2D eigenvalue weighted by Gasteiger charge is 2.30. The molecule has 1 atom stereocenters. The van der Waals surface area contributed by atoms with E-state index in [-0.39, 0.29) is 24.4 Å². The molecule has 1 saturated heterocycles. The van der Waals surface area contributed by atoms with Crippen LogP contribution in [-0.4, -0.2) is 48.2 Å². The highest BCUT2D eigenvalue weighted by Crippen LogP contribution is 2.23. The fourth-order valence-electron chi connectivity index (χ4n) is 2.65. The summed E-state index contributed by atoms with van der Waals surface area (Å²) in [5.74, 6) is -0.526. The van der Waals surface area contributed by atoms with E-state index in [2.05, 4.69) is 15.5 Å². The highest BCUT2D eigenvalue weighted by atomic mass is 35.5. The number of aromatic nitrogens is 2. The first-order valence-electron chi connectivity index (χ1n) is 7.68. The maximum atomic E-state index is 12.4. The molecule has 1 aromatic carbocycles. The lowest BCUT2D eigenvalue weighted by molar-refractivity contribution is -0.121. The van der Waals surface area contributed by atoms with Crippen molar-refractivity contribution in [2.75, 3.05) is 24.7 Å². The summed E-state index contributed by atoms with van der Waals surface area (Å²) in [6.07, 6.45) is 2.38. The number of piperidine rings is 1. The summed E-state index contributed by atoms with van der Waals surface area (Å²) in [6, 6.07) is 6.83. The number of nitrogens with one attached hydrogen (secondary N) is 1. The Kier molecular flexibility index (Phi) is 5.07. The maximum absolute atomic E-state index is 12.4. The highest BCUT2D eigenvalue weighted by molar-refractivity contribution is 7.88. The average molecular weight is 385 g/mol. The van der Waals surface area contributed by atoms with Crippen molar-refractivity contribution in [3.8, 4) is 11.5 Å². The number of benzene rings is 1. The molecule has 0 radical (unpaired) electrons. The van der Waals surface area contributed by atoms with E-state index in [0.717, 1.165) is 6.26 Å². The van der Waals surface area contributed by atoms with E-state index >= 15 is 0 Å². The van der Waals surface area contributed by atoms with Crippen molar-refractivity contribution in [1.29, 1.82) is 0 Å². The number of hydrogen-bond donors (Lipinski definition) is 1. The van der Waals surface area contributed by atoms with E-state index in [9.17, 15) is 13.2 Å². The van der Waals surface area contributed by atoms with Gasteiger partial charge in [-0.1, -0.05) is 16.7 Å². The normalized spacial score (nSPS) is 18.9. The van der Waals surface area contributed by atoms with Gasteiger partial charge in [0.15, 0.2) is 0 Å². The van der Waals surface area contributed by atoms with Gasteiger partial charge >= 0.3 is 6.01 Å². The zero-order chi connectivity index (χ0) is 18.0. The number of rotatable bonds is 4. The SMILES string of the molecule is CS(=O)(=O)N1CCCC(C(=O)Nc2nnc(-c3ccc(Cl)cc3)o2)C1. The Labute approximate surface area is 150 Å². The van der Waals surface area contributed by atoms with Crippen molar-refractivity contribution in [3.63, 3.8) is 0 Å². The third-order valence-electron chi connectivity index (χ3n) is 3.97. The van der Waals surface area contributed by atoms with Gasteiger partial charge in [0.2, 0.25) is 21.8 Å². The lowest BCUT2D eigenvalue weighted by Gasteiger charge is -2.29. The zero-order valence-electron chi connectivity index (χ0n) is 13.5. The molecule has 25 heavy (non-hydrogen) atoms. The number of carbonyl (C=O) groups excluding carboxylic acids is 1. The zero-order valence-corrected chi connectivity index (χ0v) is 15.0. The smallest absolute Gasteiger partial charge is 0.322 e. The Morgan fingerprint density at radius 1 is 1.32 bits per heavy atom. The topological polar surface area (TPSA) is 105 Å². The summed E-state index contributed by atoms with van der Waals surface area (Å²) in [5.41, 5.74) is 0.679. The first-order valence-corrected chi connectivity index (χ1v) is 9.91. The molecular weight excluding hydrogens is 368 g/mol. The van der Waals surface area contributed by atoms with E-state index < -0.39 is 15.9 Å². The summed E-state index contributed by atoms with van der Waals surface area (Å²) in [4.78, 5) is 12.4. The Balaban J connectivity index is 1.66. The van der Waals surface area contributed by atoms with Gasteiger partial charge in [0, 0.05) is 23.7 Å². The van der Waals surface area contributed by atoms with E-state index in [1.54, 1.807) is 24.3 Å². The van der Waals surface area contributed by atoms with Gasteiger partial charge in [-0.2, -0.15) is 0 Å². The molecule has 2 aromatic rings. The molecular formula is C15H17ClN4O4S. The molecule has 134 valence electrons. The largest absolute Gasteiger partial charge is 0.403 e. The van der Waals surface area contributed by atoms with Crippen LogP contribution in [0.25, 0.3) is 11.5 Å². The molecule has 3 rings (SSSR count). The Morgan fingerprint density at radius 2 is 2.04 bits per heavy atom. The molecule has 1 aromatic heterocycles. The van der Waals surface area contributed by atoms with Gasteiger partial charge in [0.1, 0.15) is 0 Å². The molecule has 10 heteroatoms. The molecule has 1 unspecified atom stereocenters. The monoisotopic (exact) mass is 384 g/mol. The van der Waals surface area contributed by atoms with Gasteiger partial charge in [-0.15, -0.1) is 5.10 Å². The van der Waals surface area contributed by atoms with Crippen LogP contribution in [0.3, 0.4) is 0 Å². The van der Waals surface area contributed by atoms with Gasteiger partial charge in [-0.3, -0.25) is 10.1 Å². The number of carbonyl (C=O) groups is 1. The second-order valence-corrected chi connectivity index (χ2v) is 8.29. The molecule has 1 aliphatic heterocycles. The van der Waals surface area contributed by atoms with Gasteiger partial charge in [0.05, 0.1) is 12.2 Å². The fourth-order valence-corrected chi connectivity index (χ4v) is 3.69. The molecule has 0 saturated carbocycles. The first-order chi connectivity index (χ1) is 11.8. The second kappa shape index (κ2) is 7.11. The lowest BCUT2D eigenvalue weighted by atomic mass is 9.99. The molecule has 0 aliphatic carbocycles. The van der Waals surface area contributed by atoms with Crippen molar-refractivity contribution >= 4 is 33.5 Å². The Hall–Kier alpha value is -1.97. The molecule has 0 spiro atoms. The van der Waals surface area contributed by atoms with Crippen molar-refractivity contribution in [3.05, 3.63) is 29.3 Å². The molecule has 1 amide bonds. The number of hydrogen-bond acceptors (Lipinski definition) is 6. The minimum atomic E-state index is -3.31. The number of amides is 1. The minimum absolute atomic E-state index is 0.0218. The Morgan fingerprint density at radius 3 is 2.72 bits per heavy atom. The minimum Gasteiger partial charge on any atom is -0.403 e. The average Bonchev–Trinajstić information content (AvgIpc) is 3.03. The number of nitrogens with zero attached hydrogens (tertiary/aromatic N) is 3. The summed E-state index contributed by atoms with van der Waals surface area (Å²) in [7, 11) is -3.31. The van der Waals surface area contributed by atoms with E-state index in [1.165, 1.54) is 4.31 Å². The standard InChI is InChI=1S/C15H17ClN4O4S/c1-25(22,23)20-8-2-3-11(9-20)13(21)17-15-19-18-14(24-15)10-4-6-12(16)7-5-10/h4-7,11H,2-3,8-9H2,1H3,(H,17,19,21). The first kappa shape index (κ1) is 17.8. The Bertz CT molecular complexity index is 866. The van der Waals surface area contributed by atoms with Crippen LogP contribution in [0.5, 0.6) is 0 Å². The van der Waals surface area contributed by atoms with Crippen LogP contribution in [0.2, 0.25) is 5.02 Å². The number of anilines is 1. The van der Waals surface area contributed by atoms with Crippen LogP contribution in [0, 0.1) is 5.92 Å². The van der Waals surface area contributed by atoms with Gasteiger partial charge < -0.3 is 4.42 Å². The van der Waals surface area contributed by atoms with Crippen molar-refractivity contribution in [2.45, 2.75) is 12.8 Å². The fraction of sp³-hybridized carbons (Fsp3) is 0.400. The molecule has 1 fully saturated rings. The predicted octanol–water partition coefficient (Wildman–Crippen LogP) is 2.00.